The third-order valence-electron chi connectivity index (χ3n) is 2.90. The molecule has 0 aromatic rings. The highest BCUT2D eigenvalue weighted by atomic mass is 16.1. The van der Waals surface area contributed by atoms with Gasteiger partial charge in [-0.25, -0.2) is 0 Å². The van der Waals surface area contributed by atoms with E-state index in [2.05, 4.69) is 22.6 Å². The van der Waals surface area contributed by atoms with Gasteiger partial charge in [0.15, 0.2) is 0 Å². The van der Waals surface area contributed by atoms with Gasteiger partial charge in [-0.05, 0) is 38.9 Å². The highest BCUT2D eigenvalue weighted by Crippen LogP contribution is 2.16. The van der Waals surface area contributed by atoms with Gasteiger partial charge in [-0.15, -0.1) is 0 Å². The summed E-state index contributed by atoms with van der Waals surface area (Å²) >= 11 is 0. The summed E-state index contributed by atoms with van der Waals surface area (Å²) in [6, 6.07) is 0. The van der Waals surface area contributed by atoms with Crippen LogP contribution in [-0.4, -0.2) is 50.6 Å². The van der Waals surface area contributed by atoms with Gasteiger partial charge in [0.2, 0.25) is 5.91 Å². The predicted octanol–water partition coefficient (Wildman–Crippen LogP) is 0.0539. The van der Waals surface area contributed by atoms with Crippen molar-refractivity contribution in [1.82, 2.24) is 15.5 Å². The van der Waals surface area contributed by atoms with Crippen LogP contribution < -0.4 is 10.6 Å². The van der Waals surface area contributed by atoms with Crippen LogP contribution in [0.2, 0.25) is 0 Å². The number of likely N-dealkylation sites (tertiary alicyclic amines) is 1. The van der Waals surface area contributed by atoms with Crippen LogP contribution in [0, 0.1) is 5.92 Å². The number of nitrogens with zero attached hydrogens (tertiary/aromatic N) is 1. The number of amides is 1. The lowest BCUT2D eigenvalue weighted by molar-refractivity contribution is -0.120. The summed E-state index contributed by atoms with van der Waals surface area (Å²) in [4.78, 5) is 13.6. The number of rotatable bonds is 6. The molecule has 0 spiro atoms. The summed E-state index contributed by atoms with van der Waals surface area (Å²) in [7, 11) is 2.16. The van der Waals surface area contributed by atoms with Crippen LogP contribution in [0.25, 0.3) is 0 Å². The van der Waals surface area contributed by atoms with Crippen molar-refractivity contribution in [3.63, 3.8) is 0 Å². The van der Waals surface area contributed by atoms with Crippen LogP contribution in [0.4, 0.5) is 0 Å². The average Bonchev–Trinajstić information content (AvgIpc) is 2.61. The van der Waals surface area contributed by atoms with Crippen LogP contribution in [0.1, 0.15) is 19.8 Å². The van der Waals surface area contributed by atoms with Gasteiger partial charge in [-0.2, -0.15) is 0 Å². The summed E-state index contributed by atoms with van der Waals surface area (Å²) in [5.74, 6) is 0.887. The van der Waals surface area contributed by atoms with Crippen molar-refractivity contribution in [2.45, 2.75) is 19.8 Å². The molecule has 0 aliphatic carbocycles. The van der Waals surface area contributed by atoms with Gasteiger partial charge in [-0.3, -0.25) is 4.79 Å². The lowest BCUT2D eigenvalue weighted by Gasteiger charge is -2.11. The first-order chi connectivity index (χ1) is 7.22. The number of hydrogen-bond donors (Lipinski definition) is 2. The second kappa shape index (κ2) is 6.80. The fourth-order valence-electron chi connectivity index (χ4n) is 1.98. The van der Waals surface area contributed by atoms with E-state index in [0.717, 1.165) is 25.4 Å². The van der Waals surface area contributed by atoms with E-state index in [1.54, 1.807) is 0 Å². The monoisotopic (exact) mass is 213 g/mol. The molecule has 0 radical (unpaired) electrons. The second-order valence-corrected chi connectivity index (χ2v) is 4.34. The largest absolute Gasteiger partial charge is 0.355 e. The molecule has 4 nitrogen and oxygen atoms in total. The molecule has 88 valence electrons. The normalized spacial score (nSPS) is 21.9. The van der Waals surface area contributed by atoms with Gasteiger partial charge < -0.3 is 15.5 Å². The van der Waals surface area contributed by atoms with Crippen molar-refractivity contribution in [3.05, 3.63) is 0 Å². The van der Waals surface area contributed by atoms with E-state index in [-0.39, 0.29) is 5.91 Å². The maximum absolute atomic E-state index is 11.3. The average molecular weight is 213 g/mol. The molecule has 1 fully saturated rings. The Morgan fingerprint density at radius 1 is 1.53 bits per heavy atom. The predicted molar refractivity (Wildman–Crippen MR) is 61.8 cm³/mol. The van der Waals surface area contributed by atoms with Crippen LogP contribution in [-0.2, 0) is 4.79 Å². The molecule has 1 unspecified atom stereocenters. The molecule has 0 aromatic carbocycles. The molecule has 1 atom stereocenters. The topological polar surface area (TPSA) is 44.4 Å². The van der Waals surface area contributed by atoms with Gasteiger partial charge in [0.05, 0.1) is 6.54 Å². The minimum Gasteiger partial charge on any atom is -0.355 e. The van der Waals surface area contributed by atoms with Crippen LogP contribution >= 0.6 is 0 Å². The Labute approximate surface area is 92.4 Å². The highest BCUT2D eigenvalue weighted by Gasteiger charge is 2.18. The van der Waals surface area contributed by atoms with E-state index in [0.29, 0.717) is 6.54 Å². The summed E-state index contributed by atoms with van der Waals surface area (Å²) < 4.78 is 0. The zero-order valence-electron chi connectivity index (χ0n) is 9.88. The third kappa shape index (κ3) is 5.14. The molecule has 2 N–H and O–H groups in total. The molecule has 1 rings (SSSR count). The minimum absolute atomic E-state index is 0.114. The zero-order chi connectivity index (χ0) is 11.1. The molecule has 0 bridgehead atoms. The standard InChI is InChI=1S/C11H23N3O/c1-3-12-8-11(15)13-6-4-10-5-7-14(2)9-10/h10,12H,3-9H2,1-2H3,(H,13,15). The van der Waals surface area contributed by atoms with E-state index in [1.807, 2.05) is 6.92 Å². The Balaban J connectivity index is 1.98. The summed E-state index contributed by atoms with van der Waals surface area (Å²) in [6.07, 6.45) is 2.39. The number of nitrogens with one attached hydrogen (secondary N) is 2. The Bertz CT molecular complexity index is 196. The minimum atomic E-state index is 0.114. The van der Waals surface area contributed by atoms with Crippen molar-refractivity contribution in [3.8, 4) is 0 Å². The molecule has 4 heteroatoms. The van der Waals surface area contributed by atoms with Crippen molar-refractivity contribution in [1.29, 1.82) is 0 Å². The summed E-state index contributed by atoms with van der Waals surface area (Å²) in [6.45, 7) is 6.51. The number of likely N-dealkylation sites (N-methyl/N-ethyl adjacent to an activating group) is 1. The van der Waals surface area contributed by atoms with Crippen LogP contribution in [0.15, 0.2) is 0 Å². The SMILES string of the molecule is CCNCC(=O)NCCC1CCN(C)C1. The smallest absolute Gasteiger partial charge is 0.233 e. The first kappa shape index (κ1) is 12.5. The second-order valence-electron chi connectivity index (χ2n) is 4.34. The molecule has 1 aliphatic rings. The Morgan fingerprint density at radius 2 is 2.33 bits per heavy atom. The van der Waals surface area contributed by atoms with Crippen LogP contribution in [0.3, 0.4) is 0 Å². The first-order valence-corrected chi connectivity index (χ1v) is 5.88. The lowest BCUT2D eigenvalue weighted by atomic mass is 10.1. The lowest BCUT2D eigenvalue weighted by Crippen LogP contribution is -2.34. The Morgan fingerprint density at radius 3 is 2.93 bits per heavy atom. The molecule has 15 heavy (non-hydrogen) atoms. The molecular formula is C11H23N3O. The maximum Gasteiger partial charge on any atom is 0.233 e. The van der Waals surface area contributed by atoms with E-state index in [9.17, 15) is 4.79 Å². The highest BCUT2D eigenvalue weighted by molar-refractivity contribution is 5.77. The van der Waals surface area contributed by atoms with Gasteiger partial charge >= 0.3 is 0 Å². The van der Waals surface area contributed by atoms with Crippen molar-refractivity contribution < 1.29 is 4.79 Å². The van der Waals surface area contributed by atoms with E-state index in [4.69, 9.17) is 0 Å². The summed E-state index contributed by atoms with van der Waals surface area (Å²) in [5, 5.41) is 5.95. The molecule has 1 saturated heterocycles. The fraction of sp³-hybridized carbons (Fsp3) is 0.909. The van der Waals surface area contributed by atoms with Gasteiger partial charge in [0.25, 0.3) is 0 Å². The molecule has 1 aliphatic heterocycles. The molecule has 0 saturated carbocycles. The maximum atomic E-state index is 11.3. The van der Waals surface area contributed by atoms with Crippen LogP contribution in [0.5, 0.6) is 0 Å². The fourth-order valence-corrected chi connectivity index (χ4v) is 1.98. The van der Waals surface area contributed by atoms with Crippen molar-refractivity contribution in [2.75, 3.05) is 39.8 Å². The third-order valence-corrected chi connectivity index (χ3v) is 2.90. The van der Waals surface area contributed by atoms with E-state index < -0.39 is 0 Å². The van der Waals surface area contributed by atoms with E-state index >= 15 is 0 Å². The van der Waals surface area contributed by atoms with Gasteiger partial charge in [-0.1, -0.05) is 6.92 Å². The van der Waals surface area contributed by atoms with Gasteiger partial charge in [0, 0.05) is 13.1 Å². The van der Waals surface area contributed by atoms with Gasteiger partial charge in [0.1, 0.15) is 0 Å². The first-order valence-electron chi connectivity index (χ1n) is 5.88. The van der Waals surface area contributed by atoms with Crippen molar-refractivity contribution >= 4 is 5.91 Å². The number of carbonyl (C=O) groups is 1. The quantitative estimate of drug-likeness (QED) is 0.655. The number of hydrogen-bond acceptors (Lipinski definition) is 3. The zero-order valence-corrected chi connectivity index (χ0v) is 9.88. The summed E-state index contributed by atoms with van der Waals surface area (Å²) in [5.41, 5.74) is 0. The molecular weight excluding hydrogens is 190 g/mol. The molecule has 0 aromatic heterocycles. The Hall–Kier alpha value is -0.610. The van der Waals surface area contributed by atoms with Crippen molar-refractivity contribution in [2.24, 2.45) is 5.92 Å². The number of carbonyl (C=O) groups excluding carboxylic acids is 1. The molecule has 1 heterocycles. The molecule has 1 amide bonds. The van der Waals surface area contributed by atoms with E-state index in [1.165, 1.54) is 19.5 Å². The Kier molecular flexibility index (Phi) is 5.65.